The Labute approximate surface area is 164 Å². The van der Waals surface area contributed by atoms with Gasteiger partial charge in [0.2, 0.25) is 5.91 Å². The highest BCUT2D eigenvalue weighted by Crippen LogP contribution is 2.21. The molecule has 1 aliphatic rings. The van der Waals surface area contributed by atoms with E-state index < -0.39 is 0 Å². The fourth-order valence-corrected chi connectivity index (χ4v) is 3.14. The summed E-state index contributed by atoms with van der Waals surface area (Å²) >= 11 is 0. The van der Waals surface area contributed by atoms with Crippen LogP contribution in [0.5, 0.6) is 0 Å². The standard InChI is InChI=1S/C20H22FN3O2.ClH/c21-16-7-5-14(6-8-16)13-23-19(25)15-9-11-24(12-10-15)20(26)17-3-1-2-4-18(17)22;/h1-8,15H,9-13,22H2,(H,23,25);1H. The zero-order valence-corrected chi connectivity index (χ0v) is 15.7. The predicted octanol–water partition coefficient (Wildman–Crippen LogP) is 3.00. The zero-order valence-electron chi connectivity index (χ0n) is 14.9. The molecule has 0 atom stereocenters. The summed E-state index contributed by atoms with van der Waals surface area (Å²) in [5, 5.41) is 2.89. The van der Waals surface area contributed by atoms with Crippen molar-refractivity contribution in [2.45, 2.75) is 19.4 Å². The number of benzene rings is 2. The number of hydrogen-bond donors (Lipinski definition) is 2. The highest BCUT2D eigenvalue weighted by molar-refractivity contribution is 5.99. The summed E-state index contributed by atoms with van der Waals surface area (Å²) in [5.74, 6) is -0.530. The van der Waals surface area contributed by atoms with Crippen molar-refractivity contribution in [3.63, 3.8) is 0 Å². The molecule has 0 spiro atoms. The summed E-state index contributed by atoms with van der Waals surface area (Å²) in [5.41, 5.74) is 7.70. The number of nitrogen functional groups attached to an aromatic ring is 1. The van der Waals surface area contributed by atoms with Crippen LogP contribution in [0.1, 0.15) is 28.8 Å². The molecule has 0 saturated carbocycles. The van der Waals surface area contributed by atoms with Crippen molar-refractivity contribution >= 4 is 29.9 Å². The molecule has 1 heterocycles. The lowest BCUT2D eigenvalue weighted by atomic mass is 9.95. The average molecular weight is 392 g/mol. The maximum atomic E-state index is 12.9. The molecule has 144 valence electrons. The van der Waals surface area contributed by atoms with Gasteiger partial charge in [-0.2, -0.15) is 0 Å². The lowest BCUT2D eigenvalue weighted by molar-refractivity contribution is -0.126. The summed E-state index contributed by atoms with van der Waals surface area (Å²) < 4.78 is 12.9. The summed E-state index contributed by atoms with van der Waals surface area (Å²) in [6, 6.07) is 13.1. The van der Waals surface area contributed by atoms with Gasteiger partial charge < -0.3 is 16.0 Å². The fourth-order valence-electron chi connectivity index (χ4n) is 3.14. The van der Waals surface area contributed by atoms with Gasteiger partial charge in [-0.1, -0.05) is 24.3 Å². The second-order valence-electron chi connectivity index (χ2n) is 6.50. The van der Waals surface area contributed by atoms with Gasteiger partial charge in [0.25, 0.3) is 5.91 Å². The predicted molar refractivity (Wildman–Crippen MR) is 105 cm³/mol. The molecule has 2 aromatic rings. The average Bonchev–Trinajstić information content (AvgIpc) is 2.67. The van der Waals surface area contributed by atoms with Gasteiger partial charge in [0, 0.05) is 31.2 Å². The topological polar surface area (TPSA) is 75.4 Å². The van der Waals surface area contributed by atoms with E-state index in [0.29, 0.717) is 43.7 Å². The van der Waals surface area contributed by atoms with Crippen molar-refractivity contribution in [3.05, 3.63) is 65.5 Å². The molecule has 1 aliphatic heterocycles. The molecule has 5 nitrogen and oxygen atoms in total. The first kappa shape index (κ1) is 20.7. The molecule has 0 radical (unpaired) electrons. The zero-order chi connectivity index (χ0) is 18.5. The van der Waals surface area contributed by atoms with Crippen molar-refractivity contribution in [1.29, 1.82) is 0 Å². The van der Waals surface area contributed by atoms with Crippen LogP contribution in [-0.4, -0.2) is 29.8 Å². The number of anilines is 1. The van der Waals surface area contributed by atoms with E-state index in [1.807, 2.05) is 0 Å². The number of hydrogen-bond acceptors (Lipinski definition) is 3. The number of para-hydroxylation sites is 1. The van der Waals surface area contributed by atoms with E-state index >= 15 is 0 Å². The number of nitrogens with two attached hydrogens (primary N) is 1. The number of nitrogens with zero attached hydrogens (tertiary/aromatic N) is 1. The van der Waals surface area contributed by atoms with Gasteiger partial charge in [0.05, 0.1) is 5.56 Å². The number of likely N-dealkylation sites (tertiary alicyclic amines) is 1. The van der Waals surface area contributed by atoms with Crippen LogP contribution >= 0.6 is 12.4 Å². The van der Waals surface area contributed by atoms with Gasteiger partial charge in [-0.3, -0.25) is 9.59 Å². The lowest BCUT2D eigenvalue weighted by Crippen LogP contribution is -2.43. The normalized spacial score (nSPS) is 14.3. The van der Waals surface area contributed by atoms with Crippen LogP contribution in [0.2, 0.25) is 0 Å². The molecule has 0 bridgehead atoms. The fraction of sp³-hybridized carbons (Fsp3) is 0.300. The quantitative estimate of drug-likeness (QED) is 0.787. The largest absolute Gasteiger partial charge is 0.398 e. The Kier molecular flexibility index (Phi) is 7.19. The minimum absolute atomic E-state index is 0. The van der Waals surface area contributed by atoms with Crippen molar-refractivity contribution in [1.82, 2.24) is 10.2 Å². The number of piperidine rings is 1. The number of halogens is 2. The summed E-state index contributed by atoms with van der Waals surface area (Å²) in [6.45, 7) is 1.43. The third-order valence-electron chi connectivity index (χ3n) is 4.72. The van der Waals surface area contributed by atoms with Gasteiger partial charge in [-0.15, -0.1) is 12.4 Å². The first-order valence-electron chi connectivity index (χ1n) is 8.70. The second-order valence-corrected chi connectivity index (χ2v) is 6.50. The Balaban J connectivity index is 0.00000261. The molecule has 3 N–H and O–H groups in total. The molecule has 0 unspecified atom stereocenters. The van der Waals surface area contributed by atoms with Crippen molar-refractivity contribution in [3.8, 4) is 0 Å². The Morgan fingerprint density at radius 1 is 1.07 bits per heavy atom. The van der Waals surface area contributed by atoms with Crippen LogP contribution in [0.25, 0.3) is 0 Å². The van der Waals surface area contributed by atoms with Gasteiger partial charge in [-0.05, 0) is 42.7 Å². The SMILES string of the molecule is Cl.Nc1ccccc1C(=O)N1CCC(C(=O)NCc2ccc(F)cc2)CC1. The summed E-state index contributed by atoms with van der Waals surface area (Å²) in [4.78, 5) is 26.6. The smallest absolute Gasteiger partial charge is 0.255 e. The van der Waals surface area contributed by atoms with Crippen LogP contribution < -0.4 is 11.1 Å². The van der Waals surface area contributed by atoms with E-state index in [9.17, 15) is 14.0 Å². The van der Waals surface area contributed by atoms with Crippen LogP contribution in [0.4, 0.5) is 10.1 Å². The molecule has 3 rings (SSSR count). The third kappa shape index (κ3) is 5.20. The van der Waals surface area contributed by atoms with Crippen molar-refractivity contribution < 1.29 is 14.0 Å². The van der Waals surface area contributed by atoms with Crippen LogP contribution in [0.15, 0.2) is 48.5 Å². The molecular weight excluding hydrogens is 369 g/mol. The number of carbonyl (C=O) groups is 2. The van der Waals surface area contributed by atoms with E-state index in [4.69, 9.17) is 5.73 Å². The molecular formula is C20H23ClFN3O2. The molecule has 1 fully saturated rings. The maximum absolute atomic E-state index is 12.9. The molecule has 27 heavy (non-hydrogen) atoms. The van der Waals surface area contributed by atoms with E-state index in [0.717, 1.165) is 5.56 Å². The molecule has 2 aromatic carbocycles. The van der Waals surface area contributed by atoms with Gasteiger partial charge >= 0.3 is 0 Å². The number of rotatable bonds is 4. The highest BCUT2D eigenvalue weighted by Gasteiger charge is 2.28. The summed E-state index contributed by atoms with van der Waals surface area (Å²) in [7, 11) is 0. The van der Waals surface area contributed by atoms with Gasteiger partial charge in [0.15, 0.2) is 0 Å². The minimum Gasteiger partial charge on any atom is -0.398 e. The van der Waals surface area contributed by atoms with Crippen LogP contribution in [-0.2, 0) is 11.3 Å². The van der Waals surface area contributed by atoms with E-state index in [2.05, 4.69) is 5.32 Å². The van der Waals surface area contributed by atoms with Gasteiger partial charge in [-0.25, -0.2) is 4.39 Å². The molecule has 1 saturated heterocycles. The van der Waals surface area contributed by atoms with Crippen molar-refractivity contribution in [2.24, 2.45) is 5.92 Å². The maximum Gasteiger partial charge on any atom is 0.255 e. The van der Waals surface area contributed by atoms with Crippen LogP contribution in [0, 0.1) is 11.7 Å². The van der Waals surface area contributed by atoms with Crippen LogP contribution in [0.3, 0.4) is 0 Å². The highest BCUT2D eigenvalue weighted by atomic mass is 35.5. The first-order valence-corrected chi connectivity index (χ1v) is 8.70. The Bertz CT molecular complexity index is 790. The summed E-state index contributed by atoms with van der Waals surface area (Å²) in [6.07, 6.45) is 1.24. The number of carbonyl (C=O) groups excluding carboxylic acids is 2. The second kappa shape index (κ2) is 9.37. The van der Waals surface area contributed by atoms with Crippen molar-refractivity contribution in [2.75, 3.05) is 18.8 Å². The number of nitrogens with one attached hydrogen (secondary N) is 1. The monoisotopic (exact) mass is 391 g/mol. The molecule has 0 aromatic heterocycles. The Morgan fingerprint density at radius 2 is 1.70 bits per heavy atom. The molecule has 2 amide bonds. The Morgan fingerprint density at radius 3 is 2.33 bits per heavy atom. The molecule has 7 heteroatoms. The third-order valence-corrected chi connectivity index (χ3v) is 4.72. The number of amides is 2. The van der Waals surface area contributed by atoms with E-state index in [-0.39, 0.29) is 36.0 Å². The lowest BCUT2D eigenvalue weighted by Gasteiger charge is -2.31. The molecule has 0 aliphatic carbocycles. The van der Waals surface area contributed by atoms with Gasteiger partial charge in [0.1, 0.15) is 5.82 Å². The minimum atomic E-state index is -0.295. The van der Waals surface area contributed by atoms with E-state index in [1.165, 1.54) is 12.1 Å². The Hall–Kier alpha value is -2.60. The first-order chi connectivity index (χ1) is 12.5. The van der Waals surface area contributed by atoms with E-state index in [1.54, 1.807) is 41.3 Å².